The van der Waals surface area contributed by atoms with E-state index in [0.717, 1.165) is 4.90 Å². The van der Waals surface area contributed by atoms with Gasteiger partial charge in [-0.25, -0.2) is 4.79 Å². The summed E-state index contributed by atoms with van der Waals surface area (Å²) in [6, 6.07) is 11.1. The van der Waals surface area contributed by atoms with Gasteiger partial charge < -0.3 is 20.1 Å². The van der Waals surface area contributed by atoms with Crippen LogP contribution >= 0.6 is 11.6 Å². The van der Waals surface area contributed by atoms with Crippen LogP contribution in [-0.2, 0) is 15.1 Å². The molecule has 4 amide bonds. The minimum Gasteiger partial charge on any atom is -0.486 e. The molecular weight excluding hydrogens is 410 g/mol. The number of fused-ring (bicyclic) bond motifs is 1. The summed E-state index contributed by atoms with van der Waals surface area (Å²) in [7, 11) is 0. The standard InChI is InChI=1S/C21H20ClN3O5/c1-2-21(13-3-5-14(22)6-4-13)19(27)25(20(28)24-21)12-18(26)23-15-7-8-16-17(11-15)30-10-9-29-16/h3-8,11H,2,9-10,12H2,1H3,(H,23,26)(H,24,28)/t21-/m0/s1. The lowest BCUT2D eigenvalue weighted by Gasteiger charge is -2.25. The van der Waals surface area contributed by atoms with Crippen LogP contribution in [0.3, 0.4) is 0 Å². The number of nitrogens with one attached hydrogen (secondary N) is 2. The van der Waals surface area contributed by atoms with E-state index in [2.05, 4.69) is 10.6 Å². The van der Waals surface area contributed by atoms with Gasteiger partial charge in [-0.15, -0.1) is 0 Å². The van der Waals surface area contributed by atoms with Gasteiger partial charge in [0.25, 0.3) is 5.91 Å². The van der Waals surface area contributed by atoms with Gasteiger partial charge >= 0.3 is 6.03 Å². The van der Waals surface area contributed by atoms with Crippen LogP contribution in [0.2, 0.25) is 5.02 Å². The Bertz CT molecular complexity index is 1010. The number of carbonyl (C=O) groups is 3. The van der Waals surface area contributed by atoms with Gasteiger partial charge in [0, 0.05) is 16.8 Å². The number of ether oxygens (including phenoxy) is 2. The van der Waals surface area contributed by atoms with Crippen LogP contribution in [-0.4, -0.2) is 42.5 Å². The largest absolute Gasteiger partial charge is 0.486 e. The summed E-state index contributed by atoms with van der Waals surface area (Å²) in [5.41, 5.74) is -0.128. The maximum absolute atomic E-state index is 13.1. The Morgan fingerprint density at radius 3 is 2.53 bits per heavy atom. The van der Waals surface area contributed by atoms with E-state index < -0.39 is 29.9 Å². The summed E-state index contributed by atoms with van der Waals surface area (Å²) in [6.45, 7) is 2.29. The van der Waals surface area contributed by atoms with E-state index in [1.807, 2.05) is 0 Å². The van der Waals surface area contributed by atoms with E-state index >= 15 is 0 Å². The highest BCUT2D eigenvalue weighted by molar-refractivity contribution is 6.30. The lowest BCUT2D eigenvalue weighted by molar-refractivity contribution is -0.134. The average molecular weight is 430 g/mol. The Morgan fingerprint density at radius 2 is 1.83 bits per heavy atom. The average Bonchev–Trinajstić information content (AvgIpc) is 2.99. The van der Waals surface area contributed by atoms with Gasteiger partial charge in [0.1, 0.15) is 25.3 Å². The molecule has 2 aliphatic rings. The van der Waals surface area contributed by atoms with Gasteiger partial charge in [-0.1, -0.05) is 30.7 Å². The molecule has 156 valence electrons. The molecule has 2 N–H and O–H groups in total. The number of urea groups is 1. The monoisotopic (exact) mass is 429 g/mol. The van der Waals surface area contributed by atoms with Crippen molar-refractivity contribution < 1.29 is 23.9 Å². The minimum atomic E-state index is -1.22. The maximum atomic E-state index is 13.1. The molecular formula is C21H20ClN3O5. The number of anilines is 1. The number of nitrogens with zero attached hydrogens (tertiary/aromatic N) is 1. The molecule has 30 heavy (non-hydrogen) atoms. The highest BCUT2D eigenvalue weighted by Gasteiger charge is 2.51. The molecule has 0 unspecified atom stereocenters. The molecule has 1 fully saturated rings. The number of hydrogen-bond donors (Lipinski definition) is 2. The number of halogens is 1. The Labute approximate surface area is 178 Å². The van der Waals surface area contributed by atoms with Crippen LogP contribution < -0.4 is 20.1 Å². The Balaban J connectivity index is 1.49. The number of rotatable bonds is 5. The van der Waals surface area contributed by atoms with Gasteiger partial charge in [-0.3, -0.25) is 14.5 Å². The molecule has 9 heteroatoms. The van der Waals surface area contributed by atoms with E-state index in [9.17, 15) is 14.4 Å². The molecule has 2 aliphatic heterocycles. The van der Waals surface area contributed by atoms with Gasteiger partial charge in [0.05, 0.1) is 0 Å². The lowest BCUT2D eigenvalue weighted by Crippen LogP contribution is -2.44. The van der Waals surface area contributed by atoms with Gasteiger partial charge in [-0.05, 0) is 36.2 Å². The summed E-state index contributed by atoms with van der Waals surface area (Å²) in [5.74, 6) is 0.152. The Hall–Kier alpha value is -3.26. The van der Waals surface area contributed by atoms with Crippen molar-refractivity contribution in [2.75, 3.05) is 25.1 Å². The van der Waals surface area contributed by atoms with Crippen molar-refractivity contribution in [2.24, 2.45) is 0 Å². The molecule has 0 saturated carbocycles. The van der Waals surface area contributed by atoms with Crippen LogP contribution in [0.15, 0.2) is 42.5 Å². The molecule has 0 aromatic heterocycles. The Morgan fingerprint density at radius 1 is 1.13 bits per heavy atom. The summed E-state index contributed by atoms with van der Waals surface area (Å²) in [4.78, 5) is 39.1. The van der Waals surface area contributed by atoms with Crippen molar-refractivity contribution in [3.8, 4) is 11.5 Å². The lowest BCUT2D eigenvalue weighted by atomic mass is 9.87. The predicted molar refractivity (Wildman–Crippen MR) is 110 cm³/mol. The zero-order valence-corrected chi connectivity index (χ0v) is 17.0. The molecule has 0 spiro atoms. The molecule has 8 nitrogen and oxygen atoms in total. The summed E-state index contributed by atoms with van der Waals surface area (Å²) >= 11 is 5.94. The highest BCUT2D eigenvalue weighted by Crippen LogP contribution is 2.34. The SMILES string of the molecule is CC[C@@]1(c2ccc(Cl)cc2)NC(=O)N(CC(=O)Nc2ccc3c(c2)OCCO3)C1=O. The van der Waals surface area contributed by atoms with Crippen LogP contribution in [0.4, 0.5) is 10.5 Å². The van der Waals surface area contributed by atoms with Crippen molar-refractivity contribution in [3.05, 3.63) is 53.1 Å². The van der Waals surface area contributed by atoms with E-state index in [1.54, 1.807) is 49.4 Å². The van der Waals surface area contributed by atoms with Crippen LogP contribution in [0.5, 0.6) is 11.5 Å². The Kier molecular flexibility index (Phi) is 5.26. The maximum Gasteiger partial charge on any atom is 0.325 e. The molecule has 1 atom stereocenters. The van der Waals surface area contributed by atoms with Crippen molar-refractivity contribution >= 4 is 35.1 Å². The van der Waals surface area contributed by atoms with Crippen molar-refractivity contribution in [3.63, 3.8) is 0 Å². The zero-order valence-electron chi connectivity index (χ0n) is 16.2. The molecule has 2 heterocycles. The molecule has 0 radical (unpaired) electrons. The number of hydrogen-bond acceptors (Lipinski definition) is 5. The second-order valence-electron chi connectivity index (χ2n) is 6.99. The van der Waals surface area contributed by atoms with Gasteiger partial charge in [-0.2, -0.15) is 0 Å². The number of benzene rings is 2. The topological polar surface area (TPSA) is 97.0 Å². The molecule has 4 rings (SSSR count). The number of amides is 4. The summed E-state index contributed by atoms with van der Waals surface area (Å²) < 4.78 is 11.0. The molecule has 2 aromatic rings. The van der Waals surface area contributed by atoms with Gasteiger partial charge in [0.15, 0.2) is 11.5 Å². The quantitative estimate of drug-likeness (QED) is 0.712. The van der Waals surface area contributed by atoms with E-state index in [1.165, 1.54) is 0 Å². The fourth-order valence-electron chi connectivity index (χ4n) is 3.61. The molecule has 2 aromatic carbocycles. The van der Waals surface area contributed by atoms with E-state index in [0.29, 0.717) is 47.4 Å². The first-order valence-corrected chi connectivity index (χ1v) is 9.90. The third-order valence-electron chi connectivity index (χ3n) is 5.17. The normalized spacial score (nSPS) is 20.1. The minimum absolute atomic E-state index is 0.333. The number of imide groups is 1. The van der Waals surface area contributed by atoms with Crippen molar-refractivity contribution in [1.82, 2.24) is 10.2 Å². The fourth-order valence-corrected chi connectivity index (χ4v) is 3.73. The fraction of sp³-hybridized carbons (Fsp3) is 0.286. The first-order valence-electron chi connectivity index (χ1n) is 9.52. The van der Waals surface area contributed by atoms with Crippen molar-refractivity contribution in [1.29, 1.82) is 0 Å². The molecule has 0 bridgehead atoms. The first kappa shape index (κ1) is 20.0. The van der Waals surface area contributed by atoms with Crippen molar-refractivity contribution in [2.45, 2.75) is 18.9 Å². The van der Waals surface area contributed by atoms with Crippen LogP contribution in [0.25, 0.3) is 0 Å². The van der Waals surface area contributed by atoms with Crippen LogP contribution in [0, 0.1) is 0 Å². The van der Waals surface area contributed by atoms with E-state index in [4.69, 9.17) is 21.1 Å². The predicted octanol–water partition coefficient (Wildman–Crippen LogP) is 2.91. The summed E-state index contributed by atoms with van der Waals surface area (Å²) in [5, 5.41) is 5.95. The zero-order chi connectivity index (χ0) is 21.3. The smallest absolute Gasteiger partial charge is 0.325 e. The summed E-state index contributed by atoms with van der Waals surface area (Å²) in [6.07, 6.45) is 0.333. The third-order valence-corrected chi connectivity index (χ3v) is 5.42. The number of carbonyl (C=O) groups excluding carboxylic acids is 3. The van der Waals surface area contributed by atoms with Crippen LogP contribution in [0.1, 0.15) is 18.9 Å². The van der Waals surface area contributed by atoms with Gasteiger partial charge in [0.2, 0.25) is 5.91 Å². The highest BCUT2D eigenvalue weighted by atomic mass is 35.5. The second-order valence-corrected chi connectivity index (χ2v) is 7.43. The molecule has 0 aliphatic carbocycles. The van der Waals surface area contributed by atoms with E-state index in [-0.39, 0.29) is 0 Å². The second kappa shape index (κ2) is 7.87. The molecule has 1 saturated heterocycles. The third kappa shape index (κ3) is 3.54. The first-order chi connectivity index (χ1) is 14.4.